The minimum absolute atomic E-state index is 0.0295. The van der Waals surface area contributed by atoms with E-state index in [1.807, 2.05) is 0 Å². The second-order valence-electron chi connectivity index (χ2n) is 6.53. The van der Waals surface area contributed by atoms with Crippen molar-refractivity contribution < 1.29 is 14.1 Å². The van der Waals surface area contributed by atoms with Crippen LogP contribution in [0.5, 0.6) is 0 Å². The summed E-state index contributed by atoms with van der Waals surface area (Å²) in [4.78, 5) is 26.9. The maximum atomic E-state index is 12.2. The first-order valence-electron chi connectivity index (χ1n) is 9.19. The van der Waals surface area contributed by atoms with Crippen molar-refractivity contribution in [1.29, 1.82) is 0 Å². The van der Waals surface area contributed by atoms with Crippen LogP contribution < -0.4 is 10.6 Å². The summed E-state index contributed by atoms with van der Waals surface area (Å²) in [7, 11) is 0. The Morgan fingerprint density at radius 2 is 2.00 bits per heavy atom. The van der Waals surface area contributed by atoms with E-state index in [1.54, 1.807) is 36.4 Å². The predicted molar refractivity (Wildman–Crippen MR) is 134 cm³/mol. The molecule has 4 rings (SSSR count). The van der Waals surface area contributed by atoms with Gasteiger partial charge in [-0.05, 0) is 54.7 Å². The van der Waals surface area contributed by atoms with Crippen LogP contribution in [0.2, 0.25) is 10.0 Å². The monoisotopic (exact) mass is 518 g/mol. The van der Waals surface area contributed by atoms with Gasteiger partial charge in [0.05, 0.1) is 20.2 Å². The fraction of sp³-hybridized carbons (Fsp3) is 0. The number of rotatable bonds is 5. The number of non-ortho nitro benzene ring substituents is 1. The molecule has 0 saturated heterocycles. The first-order valence-corrected chi connectivity index (χ1v) is 11.2. The van der Waals surface area contributed by atoms with Crippen molar-refractivity contribution in [2.45, 2.75) is 0 Å². The van der Waals surface area contributed by atoms with E-state index in [0.717, 1.165) is 0 Å². The molecule has 2 aromatic heterocycles. The molecular formula is C21H12Cl2N4O4S2. The highest BCUT2D eigenvalue weighted by Crippen LogP contribution is 2.32. The molecule has 0 spiro atoms. The van der Waals surface area contributed by atoms with E-state index in [9.17, 15) is 14.9 Å². The molecule has 0 unspecified atom stereocenters. The first-order chi connectivity index (χ1) is 15.8. The lowest BCUT2D eigenvalue weighted by molar-refractivity contribution is -0.384. The summed E-state index contributed by atoms with van der Waals surface area (Å²) in [6.07, 6.45) is 2.75. The van der Waals surface area contributed by atoms with Crippen molar-refractivity contribution in [3.63, 3.8) is 0 Å². The lowest BCUT2D eigenvalue weighted by atomic mass is 10.2. The van der Waals surface area contributed by atoms with Crippen LogP contribution in [0.25, 0.3) is 27.6 Å². The number of aromatic nitrogens is 1. The standard InChI is InChI=1S/C21H12Cl2N4O4S2/c22-11-1-5-14(15(23)9-11)17-7-3-13(31-17)4-8-19(28)25-20(32)26-21-24-16-6-2-12(27(29)30)10-18(16)33-21/h1-10H,(H2,24,25,26,28,32)/b8-4+. The Morgan fingerprint density at radius 3 is 2.76 bits per heavy atom. The molecule has 0 aliphatic rings. The molecule has 1 amide bonds. The van der Waals surface area contributed by atoms with E-state index in [1.165, 1.54) is 35.6 Å². The van der Waals surface area contributed by atoms with Gasteiger partial charge in [-0.2, -0.15) is 0 Å². The Balaban J connectivity index is 1.37. The van der Waals surface area contributed by atoms with Crippen LogP contribution in [-0.2, 0) is 4.79 Å². The Kier molecular flexibility index (Phi) is 6.70. The number of thiazole rings is 1. The third kappa shape index (κ3) is 5.55. The van der Waals surface area contributed by atoms with Gasteiger partial charge in [0, 0.05) is 28.8 Å². The first kappa shape index (κ1) is 22.9. The molecule has 0 atom stereocenters. The number of furan rings is 1. The third-order valence-electron chi connectivity index (χ3n) is 4.26. The molecule has 0 aliphatic heterocycles. The Labute approximate surface area is 206 Å². The molecule has 0 saturated carbocycles. The number of nitrogens with one attached hydrogen (secondary N) is 2. The van der Waals surface area contributed by atoms with Crippen LogP contribution in [0.3, 0.4) is 0 Å². The van der Waals surface area contributed by atoms with Gasteiger partial charge in [-0.25, -0.2) is 4.98 Å². The van der Waals surface area contributed by atoms with Crippen molar-refractivity contribution in [1.82, 2.24) is 10.3 Å². The van der Waals surface area contributed by atoms with Crippen molar-refractivity contribution >= 4 is 84.9 Å². The van der Waals surface area contributed by atoms with Gasteiger partial charge in [0.1, 0.15) is 11.5 Å². The number of benzene rings is 2. The molecule has 0 fully saturated rings. The molecule has 2 heterocycles. The number of nitro groups is 1. The Bertz CT molecular complexity index is 1430. The number of carbonyl (C=O) groups is 1. The topological polar surface area (TPSA) is 110 Å². The number of carbonyl (C=O) groups excluding carboxylic acids is 1. The van der Waals surface area contributed by atoms with Gasteiger partial charge < -0.3 is 9.73 Å². The quantitative estimate of drug-likeness (QED) is 0.138. The zero-order chi connectivity index (χ0) is 23.5. The van der Waals surface area contributed by atoms with E-state index in [4.69, 9.17) is 39.8 Å². The summed E-state index contributed by atoms with van der Waals surface area (Å²) in [6, 6.07) is 12.8. The van der Waals surface area contributed by atoms with Crippen molar-refractivity contribution in [2.24, 2.45) is 0 Å². The van der Waals surface area contributed by atoms with Gasteiger partial charge in [-0.3, -0.25) is 20.2 Å². The lowest BCUT2D eigenvalue weighted by Crippen LogP contribution is -2.32. The van der Waals surface area contributed by atoms with Gasteiger partial charge in [-0.15, -0.1) is 0 Å². The molecule has 166 valence electrons. The number of amides is 1. The highest BCUT2D eigenvalue weighted by atomic mass is 35.5. The molecule has 0 radical (unpaired) electrons. The van der Waals surface area contributed by atoms with Crippen molar-refractivity contribution in [3.8, 4) is 11.3 Å². The molecule has 8 nitrogen and oxygen atoms in total. The van der Waals surface area contributed by atoms with Crippen LogP contribution >= 0.6 is 46.8 Å². The van der Waals surface area contributed by atoms with E-state index < -0.39 is 10.8 Å². The largest absolute Gasteiger partial charge is 0.457 e. The number of halogens is 2. The summed E-state index contributed by atoms with van der Waals surface area (Å²) >= 11 is 18.4. The average Bonchev–Trinajstić information content (AvgIpc) is 3.37. The van der Waals surface area contributed by atoms with Crippen LogP contribution in [0.1, 0.15) is 5.76 Å². The lowest BCUT2D eigenvalue weighted by Gasteiger charge is -2.04. The average molecular weight is 519 g/mol. The summed E-state index contributed by atoms with van der Waals surface area (Å²) in [5.74, 6) is 0.495. The van der Waals surface area contributed by atoms with Gasteiger partial charge in [-0.1, -0.05) is 34.5 Å². The minimum atomic E-state index is -0.480. The van der Waals surface area contributed by atoms with Gasteiger partial charge >= 0.3 is 0 Å². The molecule has 4 aromatic rings. The summed E-state index contributed by atoms with van der Waals surface area (Å²) in [5, 5.41) is 17.6. The fourth-order valence-corrected chi connectivity index (χ4v) is 4.46. The van der Waals surface area contributed by atoms with E-state index in [-0.39, 0.29) is 10.8 Å². The van der Waals surface area contributed by atoms with Crippen LogP contribution in [0.4, 0.5) is 10.8 Å². The van der Waals surface area contributed by atoms with Gasteiger partial charge in [0.2, 0.25) is 5.91 Å². The summed E-state index contributed by atoms with van der Waals surface area (Å²) in [6.45, 7) is 0. The third-order valence-corrected chi connectivity index (χ3v) is 5.95. The normalized spacial score (nSPS) is 11.1. The van der Waals surface area contributed by atoms with Crippen molar-refractivity contribution in [2.75, 3.05) is 5.32 Å². The van der Waals surface area contributed by atoms with Crippen LogP contribution in [-0.4, -0.2) is 20.9 Å². The molecule has 2 aromatic carbocycles. The second-order valence-corrected chi connectivity index (χ2v) is 8.81. The highest BCUT2D eigenvalue weighted by molar-refractivity contribution is 7.80. The zero-order valence-electron chi connectivity index (χ0n) is 16.4. The molecule has 33 heavy (non-hydrogen) atoms. The molecule has 2 N–H and O–H groups in total. The number of hydrogen-bond donors (Lipinski definition) is 2. The highest BCUT2D eigenvalue weighted by Gasteiger charge is 2.12. The van der Waals surface area contributed by atoms with Gasteiger partial charge in [0.15, 0.2) is 10.2 Å². The number of fused-ring (bicyclic) bond motifs is 1. The Hall–Kier alpha value is -3.31. The predicted octanol–water partition coefficient (Wildman–Crippen LogP) is 6.30. The zero-order valence-corrected chi connectivity index (χ0v) is 19.5. The number of nitrogens with zero attached hydrogens (tertiary/aromatic N) is 2. The molecule has 0 bridgehead atoms. The molecule has 0 aliphatic carbocycles. The van der Waals surface area contributed by atoms with E-state index >= 15 is 0 Å². The SMILES string of the molecule is O=C(/C=C/c1ccc(-c2ccc(Cl)cc2Cl)o1)NC(=S)Nc1nc2ccc([N+](=O)[O-])cc2s1. The van der Waals surface area contributed by atoms with E-state index in [0.29, 0.717) is 42.5 Å². The smallest absolute Gasteiger partial charge is 0.270 e. The second kappa shape index (κ2) is 9.67. The minimum Gasteiger partial charge on any atom is -0.457 e. The molecular weight excluding hydrogens is 507 g/mol. The summed E-state index contributed by atoms with van der Waals surface area (Å²) < 4.78 is 6.32. The number of nitro benzene ring substituents is 1. The number of hydrogen-bond acceptors (Lipinski definition) is 7. The maximum absolute atomic E-state index is 12.2. The van der Waals surface area contributed by atoms with Crippen LogP contribution in [0.15, 0.2) is 59.0 Å². The summed E-state index contributed by atoms with van der Waals surface area (Å²) in [5.41, 5.74) is 1.23. The number of anilines is 1. The van der Waals surface area contributed by atoms with Crippen LogP contribution in [0, 0.1) is 10.1 Å². The fourth-order valence-electron chi connectivity index (χ4n) is 2.80. The maximum Gasteiger partial charge on any atom is 0.270 e. The van der Waals surface area contributed by atoms with E-state index in [2.05, 4.69) is 15.6 Å². The molecule has 12 heteroatoms. The number of thiocarbonyl (C=S) groups is 1. The van der Waals surface area contributed by atoms with Gasteiger partial charge in [0.25, 0.3) is 5.69 Å². The van der Waals surface area contributed by atoms with Crippen molar-refractivity contribution in [3.05, 3.63) is 80.5 Å². The Morgan fingerprint density at radius 1 is 1.18 bits per heavy atom.